The minimum Gasteiger partial charge on any atom is -0.365 e. The lowest BCUT2D eigenvalue weighted by Crippen LogP contribution is -2.08. The largest absolute Gasteiger partial charge is 0.365 e. The van der Waals surface area contributed by atoms with Crippen molar-refractivity contribution in [1.82, 2.24) is 0 Å². The van der Waals surface area contributed by atoms with Crippen molar-refractivity contribution in [3.8, 4) is 21.6 Å². The number of thiophene rings is 1. The maximum atomic E-state index is 13.1. The highest BCUT2D eigenvalue weighted by Crippen LogP contribution is 2.39. The zero-order chi connectivity index (χ0) is 17.3. The number of carbonyl (C=O) groups is 1. The van der Waals surface area contributed by atoms with E-state index in [2.05, 4.69) is 0 Å². The van der Waals surface area contributed by atoms with Gasteiger partial charge in [0.1, 0.15) is 5.82 Å². The molecular weight excluding hydrogens is 331 g/mol. The van der Waals surface area contributed by atoms with Crippen molar-refractivity contribution in [3.05, 3.63) is 75.4 Å². The number of carbonyl (C=O) groups excluding carboxylic acids is 1. The Morgan fingerprint density at radius 1 is 1.04 bits per heavy atom. The third-order valence-corrected chi connectivity index (χ3v) is 4.67. The number of primary amides is 1. The lowest BCUT2D eigenvalue weighted by molar-refractivity contribution is -0.384. The molecule has 0 aliphatic heterocycles. The molecule has 24 heavy (non-hydrogen) atoms. The summed E-state index contributed by atoms with van der Waals surface area (Å²) in [4.78, 5) is 22.9. The van der Waals surface area contributed by atoms with Crippen molar-refractivity contribution in [2.45, 2.75) is 0 Å². The van der Waals surface area contributed by atoms with E-state index in [0.717, 1.165) is 16.0 Å². The van der Waals surface area contributed by atoms with Gasteiger partial charge in [-0.2, -0.15) is 0 Å². The van der Waals surface area contributed by atoms with Crippen LogP contribution in [0.5, 0.6) is 0 Å². The molecule has 0 atom stereocenters. The van der Waals surface area contributed by atoms with Crippen LogP contribution in [0.3, 0.4) is 0 Å². The van der Waals surface area contributed by atoms with E-state index in [9.17, 15) is 19.3 Å². The molecule has 5 nitrogen and oxygen atoms in total. The number of nitro groups is 1. The smallest absolute Gasteiger partial charge is 0.269 e. The number of hydrogen-bond donors (Lipinski definition) is 1. The van der Waals surface area contributed by atoms with Crippen LogP contribution in [0.2, 0.25) is 0 Å². The summed E-state index contributed by atoms with van der Waals surface area (Å²) in [5.41, 5.74) is 7.51. The van der Waals surface area contributed by atoms with E-state index < -0.39 is 10.8 Å². The molecule has 1 amide bonds. The molecule has 0 unspecified atom stereocenters. The summed E-state index contributed by atoms with van der Waals surface area (Å²) in [7, 11) is 0. The van der Waals surface area contributed by atoms with Gasteiger partial charge in [0.2, 0.25) is 0 Å². The van der Waals surface area contributed by atoms with E-state index >= 15 is 0 Å². The maximum absolute atomic E-state index is 13.1. The summed E-state index contributed by atoms with van der Waals surface area (Å²) in [5, 5.41) is 10.8. The monoisotopic (exact) mass is 342 g/mol. The molecule has 3 aromatic rings. The van der Waals surface area contributed by atoms with E-state index in [0.29, 0.717) is 10.4 Å². The van der Waals surface area contributed by atoms with Gasteiger partial charge in [-0.25, -0.2) is 4.39 Å². The van der Waals surface area contributed by atoms with Crippen LogP contribution < -0.4 is 5.73 Å². The first kappa shape index (κ1) is 15.8. The van der Waals surface area contributed by atoms with Crippen molar-refractivity contribution in [3.63, 3.8) is 0 Å². The van der Waals surface area contributed by atoms with Crippen molar-refractivity contribution in [1.29, 1.82) is 0 Å². The Bertz CT molecular complexity index is 918. The number of amides is 1. The fourth-order valence-electron chi connectivity index (χ4n) is 2.31. The summed E-state index contributed by atoms with van der Waals surface area (Å²) in [5.74, 6) is -0.918. The minimum atomic E-state index is -0.559. The highest BCUT2D eigenvalue weighted by molar-refractivity contribution is 7.18. The molecule has 0 fully saturated rings. The maximum Gasteiger partial charge on any atom is 0.269 e. The fraction of sp³-hybridized carbons (Fsp3) is 0. The Balaban J connectivity index is 2.13. The molecule has 7 heteroatoms. The van der Waals surface area contributed by atoms with Gasteiger partial charge in [-0.1, -0.05) is 12.1 Å². The van der Waals surface area contributed by atoms with Gasteiger partial charge < -0.3 is 5.73 Å². The molecule has 1 heterocycles. The number of non-ortho nitro benzene ring substituents is 1. The average molecular weight is 342 g/mol. The molecule has 0 bridgehead atoms. The van der Waals surface area contributed by atoms with E-state index in [-0.39, 0.29) is 11.5 Å². The first-order chi connectivity index (χ1) is 11.5. The van der Waals surface area contributed by atoms with Gasteiger partial charge in [0.05, 0.1) is 9.80 Å². The number of halogens is 1. The molecule has 2 aromatic carbocycles. The van der Waals surface area contributed by atoms with Gasteiger partial charge in [-0.3, -0.25) is 14.9 Å². The molecule has 1 aromatic heterocycles. The third-order valence-electron chi connectivity index (χ3n) is 3.47. The number of benzene rings is 2. The average Bonchev–Trinajstić information content (AvgIpc) is 3.01. The van der Waals surface area contributed by atoms with Crippen LogP contribution in [0.1, 0.15) is 9.67 Å². The van der Waals surface area contributed by atoms with Gasteiger partial charge in [0, 0.05) is 22.6 Å². The summed E-state index contributed by atoms with van der Waals surface area (Å²) in [6, 6.07) is 13.5. The lowest BCUT2D eigenvalue weighted by atomic mass is 10.0. The normalized spacial score (nSPS) is 10.5. The Kier molecular flexibility index (Phi) is 4.09. The molecular formula is C17H11FN2O3S. The Labute approximate surface area is 140 Å². The SMILES string of the molecule is NC(=O)c1cc(-c2ccc([N+](=O)[O-])cc2)c(-c2ccc(F)cc2)s1. The van der Waals surface area contributed by atoms with Crippen LogP contribution >= 0.6 is 11.3 Å². The number of rotatable bonds is 4. The Morgan fingerprint density at radius 2 is 1.62 bits per heavy atom. The molecule has 3 rings (SSSR count). The van der Waals surface area contributed by atoms with Crippen LogP contribution in [0, 0.1) is 15.9 Å². The van der Waals surface area contributed by atoms with Crippen molar-refractivity contribution in [2.24, 2.45) is 5.73 Å². The highest BCUT2D eigenvalue weighted by atomic mass is 32.1. The predicted molar refractivity (Wildman–Crippen MR) is 90.3 cm³/mol. The first-order valence-electron chi connectivity index (χ1n) is 6.90. The molecule has 0 aliphatic rings. The fourth-order valence-corrected chi connectivity index (χ4v) is 3.34. The number of hydrogen-bond acceptors (Lipinski definition) is 4. The molecule has 0 spiro atoms. The molecule has 0 saturated carbocycles. The standard InChI is InChI=1S/C17H11FN2O3S/c18-12-5-1-11(2-6-12)16-14(9-15(24-16)17(19)21)10-3-7-13(8-4-10)20(22)23/h1-9H,(H2,19,21). The second kappa shape index (κ2) is 6.21. The number of nitro benzene ring substituents is 1. The lowest BCUT2D eigenvalue weighted by Gasteiger charge is -2.04. The van der Waals surface area contributed by atoms with Crippen LogP contribution in [-0.2, 0) is 0 Å². The van der Waals surface area contributed by atoms with E-state index in [1.54, 1.807) is 30.3 Å². The topological polar surface area (TPSA) is 86.2 Å². The van der Waals surface area contributed by atoms with E-state index in [1.165, 1.54) is 35.6 Å². The predicted octanol–water partition coefficient (Wildman–Crippen LogP) is 4.23. The zero-order valence-electron chi connectivity index (χ0n) is 12.2. The third kappa shape index (κ3) is 3.02. The van der Waals surface area contributed by atoms with Crippen molar-refractivity contribution >= 4 is 22.9 Å². The molecule has 120 valence electrons. The second-order valence-electron chi connectivity index (χ2n) is 5.03. The number of nitrogens with zero attached hydrogens (tertiary/aromatic N) is 1. The number of nitrogens with two attached hydrogens (primary N) is 1. The summed E-state index contributed by atoms with van der Waals surface area (Å²) in [6.07, 6.45) is 0. The molecule has 0 aliphatic carbocycles. The van der Waals surface area contributed by atoms with E-state index in [1.807, 2.05) is 0 Å². The van der Waals surface area contributed by atoms with Crippen LogP contribution in [0.25, 0.3) is 21.6 Å². The van der Waals surface area contributed by atoms with Gasteiger partial charge >= 0.3 is 0 Å². The summed E-state index contributed by atoms with van der Waals surface area (Å²) < 4.78 is 13.1. The first-order valence-corrected chi connectivity index (χ1v) is 7.72. The van der Waals surface area contributed by atoms with Crippen molar-refractivity contribution < 1.29 is 14.1 Å². The van der Waals surface area contributed by atoms with Gasteiger partial charge in [-0.15, -0.1) is 11.3 Å². The Morgan fingerprint density at radius 3 is 2.17 bits per heavy atom. The van der Waals surface area contributed by atoms with E-state index in [4.69, 9.17) is 5.73 Å². The van der Waals surface area contributed by atoms with Gasteiger partial charge in [0.15, 0.2) is 0 Å². The molecule has 0 saturated heterocycles. The molecule has 2 N–H and O–H groups in total. The van der Waals surface area contributed by atoms with Gasteiger partial charge in [-0.05, 0) is 41.5 Å². The van der Waals surface area contributed by atoms with Crippen LogP contribution in [-0.4, -0.2) is 10.8 Å². The summed E-state index contributed by atoms with van der Waals surface area (Å²) in [6.45, 7) is 0. The highest BCUT2D eigenvalue weighted by Gasteiger charge is 2.16. The van der Waals surface area contributed by atoms with Crippen LogP contribution in [0.4, 0.5) is 10.1 Å². The minimum absolute atomic E-state index is 0.0209. The summed E-state index contributed by atoms with van der Waals surface area (Å²) >= 11 is 1.20. The van der Waals surface area contributed by atoms with Crippen LogP contribution in [0.15, 0.2) is 54.6 Å². The Hall–Kier alpha value is -3.06. The molecule has 0 radical (unpaired) electrons. The van der Waals surface area contributed by atoms with Gasteiger partial charge in [0.25, 0.3) is 11.6 Å². The van der Waals surface area contributed by atoms with Crippen molar-refractivity contribution in [2.75, 3.05) is 0 Å². The zero-order valence-corrected chi connectivity index (χ0v) is 13.0. The second-order valence-corrected chi connectivity index (χ2v) is 6.08. The quantitative estimate of drug-likeness (QED) is 0.568.